The standard InChI is InChI=1S/C20H20N6S/c1-13-23-19(26-10-6-5-9-16(26)18-21-12-22-25-18)15-11-17(27-20(15)24-13)14-7-3-2-4-8-14/h2-4,7-8,11-12,16H,5-6,9-10H2,1H3,(H,21,22,25)/t16-/m1/s1. The van der Waals surface area contributed by atoms with Crippen LogP contribution < -0.4 is 4.90 Å². The number of aromatic nitrogens is 5. The molecule has 1 aliphatic heterocycles. The van der Waals surface area contributed by atoms with Gasteiger partial charge in [-0.15, -0.1) is 11.3 Å². The summed E-state index contributed by atoms with van der Waals surface area (Å²) in [5, 5.41) is 8.23. The number of hydrogen-bond donors (Lipinski definition) is 1. The molecule has 0 saturated carbocycles. The maximum Gasteiger partial charge on any atom is 0.147 e. The lowest BCUT2D eigenvalue weighted by Gasteiger charge is -2.35. The Morgan fingerprint density at radius 1 is 1.15 bits per heavy atom. The maximum atomic E-state index is 4.85. The number of nitrogens with zero attached hydrogens (tertiary/aromatic N) is 5. The highest BCUT2D eigenvalue weighted by atomic mass is 32.1. The van der Waals surface area contributed by atoms with Crippen molar-refractivity contribution >= 4 is 27.4 Å². The number of fused-ring (bicyclic) bond motifs is 1. The van der Waals surface area contributed by atoms with E-state index >= 15 is 0 Å². The molecule has 4 aromatic rings. The van der Waals surface area contributed by atoms with Crippen molar-refractivity contribution in [2.75, 3.05) is 11.4 Å². The highest BCUT2D eigenvalue weighted by Crippen LogP contribution is 2.40. The zero-order valence-electron chi connectivity index (χ0n) is 15.1. The summed E-state index contributed by atoms with van der Waals surface area (Å²) in [5.74, 6) is 2.73. The Morgan fingerprint density at radius 2 is 2.04 bits per heavy atom. The van der Waals surface area contributed by atoms with Gasteiger partial charge in [0.25, 0.3) is 0 Å². The third-order valence-electron chi connectivity index (χ3n) is 5.07. The summed E-state index contributed by atoms with van der Waals surface area (Å²) in [4.78, 5) is 18.6. The number of nitrogens with one attached hydrogen (secondary N) is 1. The second-order valence-electron chi connectivity index (χ2n) is 6.87. The molecule has 136 valence electrons. The average molecular weight is 376 g/mol. The molecule has 1 atom stereocenters. The molecule has 0 amide bonds. The topological polar surface area (TPSA) is 70.6 Å². The van der Waals surface area contributed by atoms with Crippen LogP contribution in [0, 0.1) is 6.92 Å². The predicted molar refractivity (Wildman–Crippen MR) is 108 cm³/mol. The number of H-pyrrole nitrogens is 1. The summed E-state index contributed by atoms with van der Waals surface area (Å²) in [6.07, 6.45) is 4.98. The average Bonchev–Trinajstić information content (AvgIpc) is 3.38. The summed E-state index contributed by atoms with van der Waals surface area (Å²) < 4.78 is 0. The van der Waals surface area contributed by atoms with Gasteiger partial charge in [-0.05, 0) is 37.8 Å². The molecule has 4 heterocycles. The maximum absolute atomic E-state index is 4.85. The SMILES string of the molecule is Cc1nc(N2CCCC[C@@H]2c2ncn[nH]2)c2cc(-c3ccccc3)sc2n1. The van der Waals surface area contributed by atoms with Crippen LogP contribution in [0.15, 0.2) is 42.7 Å². The van der Waals surface area contributed by atoms with Crippen LogP contribution in [0.3, 0.4) is 0 Å². The van der Waals surface area contributed by atoms with Gasteiger partial charge in [0.1, 0.15) is 28.6 Å². The molecular weight excluding hydrogens is 356 g/mol. The smallest absolute Gasteiger partial charge is 0.147 e. The van der Waals surface area contributed by atoms with Crippen LogP contribution in [0.1, 0.15) is 37.0 Å². The molecule has 1 aromatic carbocycles. The zero-order chi connectivity index (χ0) is 18.2. The van der Waals surface area contributed by atoms with Crippen LogP contribution in [-0.4, -0.2) is 31.7 Å². The largest absolute Gasteiger partial charge is 0.346 e. The lowest BCUT2D eigenvalue weighted by Crippen LogP contribution is -2.35. The van der Waals surface area contributed by atoms with Crippen LogP contribution in [0.2, 0.25) is 0 Å². The molecule has 3 aromatic heterocycles. The molecule has 0 unspecified atom stereocenters. The fraction of sp³-hybridized carbons (Fsp3) is 0.300. The monoisotopic (exact) mass is 376 g/mol. The van der Waals surface area contributed by atoms with Crippen molar-refractivity contribution in [1.29, 1.82) is 0 Å². The van der Waals surface area contributed by atoms with E-state index < -0.39 is 0 Å². The second kappa shape index (κ2) is 6.74. The summed E-state index contributed by atoms with van der Waals surface area (Å²) in [6, 6.07) is 12.9. The Labute approximate surface area is 161 Å². The van der Waals surface area contributed by atoms with Gasteiger partial charge in [-0.25, -0.2) is 15.0 Å². The van der Waals surface area contributed by atoms with Crippen molar-refractivity contribution in [1.82, 2.24) is 25.1 Å². The van der Waals surface area contributed by atoms with E-state index in [0.717, 1.165) is 47.1 Å². The van der Waals surface area contributed by atoms with Crippen LogP contribution in [0.4, 0.5) is 5.82 Å². The quantitative estimate of drug-likeness (QED) is 0.569. The highest BCUT2D eigenvalue weighted by molar-refractivity contribution is 7.21. The van der Waals surface area contributed by atoms with Gasteiger partial charge in [0.05, 0.1) is 11.4 Å². The highest BCUT2D eigenvalue weighted by Gasteiger charge is 2.29. The van der Waals surface area contributed by atoms with Crippen molar-refractivity contribution in [3.8, 4) is 10.4 Å². The molecule has 6 nitrogen and oxygen atoms in total. The molecule has 5 rings (SSSR count). The van der Waals surface area contributed by atoms with Crippen molar-refractivity contribution in [3.05, 3.63) is 54.4 Å². The van der Waals surface area contributed by atoms with Crippen LogP contribution in [0.25, 0.3) is 20.7 Å². The van der Waals surface area contributed by atoms with Crippen LogP contribution in [-0.2, 0) is 0 Å². The Bertz CT molecular complexity index is 1060. The number of aromatic amines is 1. The molecule has 0 bridgehead atoms. The normalized spacial score (nSPS) is 17.5. The predicted octanol–water partition coefficient (Wildman–Crippen LogP) is 4.52. The first-order valence-corrected chi connectivity index (χ1v) is 10.1. The fourth-order valence-corrected chi connectivity index (χ4v) is 4.90. The van der Waals surface area contributed by atoms with Gasteiger partial charge in [0, 0.05) is 11.4 Å². The van der Waals surface area contributed by atoms with E-state index in [0.29, 0.717) is 0 Å². The van der Waals surface area contributed by atoms with Crippen LogP contribution >= 0.6 is 11.3 Å². The number of benzene rings is 1. The van der Waals surface area contributed by atoms with E-state index in [-0.39, 0.29) is 6.04 Å². The van der Waals surface area contributed by atoms with E-state index in [9.17, 15) is 0 Å². The Balaban J connectivity index is 1.64. The summed E-state index contributed by atoms with van der Waals surface area (Å²) >= 11 is 1.73. The molecule has 0 spiro atoms. The van der Waals surface area contributed by atoms with Gasteiger partial charge in [0.15, 0.2) is 0 Å². The molecule has 1 aliphatic rings. The van der Waals surface area contributed by atoms with E-state index in [4.69, 9.17) is 9.97 Å². The van der Waals surface area contributed by atoms with Crippen molar-refractivity contribution in [2.24, 2.45) is 0 Å². The first-order valence-electron chi connectivity index (χ1n) is 9.25. The third-order valence-corrected chi connectivity index (χ3v) is 6.14. The zero-order valence-corrected chi connectivity index (χ0v) is 15.9. The Morgan fingerprint density at radius 3 is 2.85 bits per heavy atom. The van der Waals surface area contributed by atoms with Gasteiger partial charge < -0.3 is 4.90 Å². The number of rotatable bonds is 3. The molecule has 1 N–H and O–H groups in total. The number of aryl methyl sites for hydroxylation is 1. The van der Waals surface area contributed by atoms with Gasteiger partial charge in [-0.2, -0.15) is 5.10 Å². The van der Waals surface area contributed by atoms with Gasteiger partial charge in [-0.3, -0.25) is 5.10 Å². The minimum absolute atomic E-state index is 0.179. The molecule has 27 heavy (non-hydrogen) atoms. The first-order chi connectivity index (χ1) is 13.3. The Kier molecular flexibility index (Phi) is 4.09. The van der Waals surface area contributed by atoms with Gasteiger partial charge in [-0.1, -0.05) is 30.3 Å². The molecule has 1 fully saturated rings. The number of anilines is 1. The van der Waals surface area contributed by atoms with Crippen molar-refractivity contribution in [2.45, 2.75) is 32.2 Å². The second-order valence-corrected chi connectivity index (χ2v) is 7.90. The van der Waals surface area contributed by atoms with Crippen LogP contribution in [0.5, 0.6) is 0 Å². The molecule has 1 saturated heterocycles. The minimum atomic E-state index is 0.179. The molecule has 7 heteroatoms. The van der Waals surface area contributed by atoms with Gasteiger partial charge >= 0.3 is 0 Å². The number of thiophene rings is 1. The molecule has 0 aliphatic carbocycles. The fourth-order valence-electron chi connectivity index (χ4n) is 3.82. The van der Waals surface area contributed by atoms with E-state index in [1.807, 2.05) is 13.0 Å². The minimum Gasteiger partial charge on any atom is -0.346 e. The van der Waals surface area contributed by atoms with E-state index in [1.54, 1.807) is 17.7 Å². The third kappa shape index (κ3) is 2.98. The van der Waals surface area contributed by atoms with Crippen molar-refractivity contribution in [3.63, 3.8) is 0 Å². The lowest BCUT2D eigenvalue weighted by molar-refractivity contribution is 0.454. The van der Waals surface area contributed by atoms with E-state index in [1.165, 1.54) is 16.9 Å². The summed E-state index contributed by atoms with van der Waals surface area (Å²) in [6.45, 7) is 2.94. The van der Waals surface area contributed by atoms with E-state index in [2.05, 4.69) is 50.4 Å². The van der Waals surface area contributed by atoms with Crippen molar-refractivity contribution < 1.29 is 0 Å². The first kappa shape index (κ1) is 16.4. The molecular formula is C20H20N6S. The lowest BCUT2D eigenvalue weighted by atomic mass is 10.0. The molecule has 0 radical (unpaired) electrons. The van der Waals surface area contributed by atoms with Gasteiger partial charge in [0.2, 0.25) is 0 Å². The summed E-state index contributed by atoms with van der Waals surface area (Å²) in [7, 11) is 0. The summed E-state index contributed by atoms with van der Waals surface area (Å²) in [5.41, 5.74) is 1.22. The number of piperidine rings is 1. The Hall–Kier alpha value is -2.80. The number of hydrogen-bond acceptors (Lipinski definition) is 6.